The van der Waals surface area contributed by atoms with Gasteiger partial charge in [0.2, 0.25) is 0 Å². The number of carbonyl (C=O) groups excluding carboxylic acids is 1. The van der Waals surface area contributed by atoms with E-state index in [9.17, 15) is 4.79 Å². The maximum Gasteiger partial charge on any atom is 0.326 e. The number of ether oxygens (including phenoxy) is 1. The summed E-state index contributed by atoms with van der Waals surface area (Å²) in [5, 5.41) is 3.30. The molecule has 0 aromatic rings. The lowest BCUT2D eigenvalue weighted by Gasteiger charge is -2.34. The van der Waals surface area contributed by atoms with Gasteiger partial charge in [-0.3, -0.25) is 10.1 Å². The van der Waals surface area contributed by atoms with Crippen LogP contribution in [-0.2, 0) is 9.53 Å². The van der Waals surface area contributed by atoms with Crippen LogP contribution >= 0.6 is 0 Å². The van der Waals surface area contributed by atoms with E-state index in [4.69, 9.17) is 4.74 Å². The quantitative estimate of drug-likeness (QED) is 0.524. The molecule has 0 saturated carbocycles. The fraction of sp³-hybridized carbons (Fsp3) is 0.786. The first-order chi connectivity index (χ1) is 7.88. The van der Waals surface area contributed by atoms with E-state index in [2.05, 4.69) is 39.6 Å². The van der Waals surface area contributed by atoms with Gasteiger partial charge in [0, 0.05) is 6.54 Å². The lowest BCUT2D eigenvalue weighted by molar-refractivity contribution is -0.150. The van der Waals surface area contributed by atoms with Crippen LogP contribution in [0.1, 0.15) is 40.5 Å². The number of nitrogens with one attached hydrogen (secondary N) is 1. The summed E-state index contributed by atoms with van der Waals surface area (Å²) in [6.07, 6.45) is 3.34. The van der Waals surface area contributed by atoms with E-state index in [1.807, 2.05) is 0 Å². The molecule has 0 fully saturated rings. The van der Waals surface area contributed by atoms with E-state index in [-0.39, 0.29) is 5.97 Å². The number of esters is 1. The Kier molecular flexibility index (Phi) is 7.12. The van der Waals surface area contributed by atoms with Crippen molar-refractivity contribution in [1.29, 1.82) is 0 Å². The standard InChI is InChI=1S/C14H27NO2/c1-7-8-15-14(9-11(2)3,10-12(4)5)13(16)17-6/h7,11-12,15H,1,8-10H2,2-6H3. The van der Waals surface area contributed by atoms with Crippen molar-refractivity contribution in [3.05, 3.63) is 12.7 Å². The Morgan fingerprint density at radius 3 is 2.06 bits per heavy atom. The number of methoxy groups -OCH3 is 1. The van der Waals surface area contributed by atoms with Crippen LogP contribution in [-0.4, -0.2) is 25.2 Å². The minimum atomic E-state index is -0.578. The minimum Gasteiger partial charge on any atom is -0.468 e. The maximum atomic E-state index is 12.1. The van der Waals surface area contributed by atoms with Crippen molar-refractivity contribution in [2.75, 3.05) is 13.7 Å². The van der Waals surface area contributed by atoms with Crippen molar-refractivity contribution in [3.63, 3.8) is 0 Å². The third-order valence-corrected chi connectivity index (χ3v) is 2.67. The van der Waals surface area contributed by atoms with Crippen LogP contribution in [0.15, 0.2) is 12.7 Å². The summed E-state index contributed by atoms with van der Waals surface area (Å²) < 4.78 is 4.98. The molecule has 0 saturated heterocycles. The Morgan fingerprint density at radius 2 is 1.76 bits per heavy atom. The fourth-order valence-electron chi connectivity index (χ4n) is 2.32. The Hall–Kier alpha value is -0.830. The summed E-state index contributed by atoms with van der Waals surface area (Å²) in [6, 6.07) is 0. The SMILES string of the molecule is C=CCNC(CC(C)C)(CC(C)C)C(=O)OC. The monoisotopic (exact) mass is 241 g/mol. The van der Waals surface area contributed by atoms with E-state index in [1.54, 1.807) is 6.08 Å². The van der Waals surface area contributed by atoms with E-state index in [0.29, 0.717) is 18.4 Å². The Labute approximate surface area is 106 Å². The van der Waals surface area contributed by atoms with Crippen molar-refractivity contribution in [2.45, 2.75) is 46.1 Å². The fourth-order valence-corrected chi connectivity index (χ4v) is 2.32. The number of hydrogen-bond acceptors (Lipinski definition) is 3. The summed E-state index contributed by atoms with van der Waals surface area (Å²) in [7, 11) is 1.45. The second-order valence-corrected chi connectivity index (χ2v) is 5.44. The van der Waals surface area contributed by atoms with Gasteiger partial charge < -0.3 is 4.74 Å². The molecule has 0 aromatic carbocycles. The molecule has 3 nitrogen and oxygen atoms in total. The third-order valence-electron chi connectivity index (χ3n) is 2.67. The van der Waals surface area contributed by atoms with Crippen molar-refractivity contribution in [1.82, 2.24) is 5.32 Å². The highest BCUT2D eigenvalue weighted by atomic mass is 16.5. The molecule has 0 spiro atoms. The van der Waals surface area contributed by atoms with Gasteiger partial charge in [0.15, 0.2) is 0 Å². The topological polar surface area (TPSA) is 38.3 Å². The second-order valence-electron chi connectivity index (χ2n) is 5.44. The van der Waals surface area contributed by atoms with Crippen LogP contribution in [0.4, 0.5) is 0 Å². The highest BCUT2D eigenvalue weighted by molar-refractivity contribution is 5.80. The average Bonchev–Trinajstić information content (AvgIpc) is 2.23. The van der Waals surface area contributed by atoms with Gasteiger partial charge in [0.05, 0.1) is 7.11 Å². The van der Waals surface area contributed by atoms with Crippen LogP contribution < -0.4 is 5.32 Å². The molecule has 0 bridgehead atoms. The molecule has 0 radical (unpaired) electrons. The zero-order valence-corrected chi connectivity index (χ0v) is 11.9. The molecule has 0 aliphatic carbocycles. The van der Waals surface area contributed by atoms with Gasteiger partial charge in [-0.25, -0.2) is 0 Å². The zero-order chi connectivity index (χ0) is 13.5. The molecule has 0 aliphatic heterocycles. The molecule has 0 heterocycles. The van der Waals surface area contributed by atoms with Crippen molar-refractivity contribution in [3.8, 4) is 0 Å². The molecule has 0 atom stereocenters. The summed E-state index contributed by atoms with van der Waals surface area (Å²) in [5.41, 5.74) is -0.578. The number of rotatable bonds is 8. The number of hydrogen-bond donors (Lipinski definition) is 1. The van der Waals surface area contributed by atoms with Crippen LogP contribution in [0.2, 0.25) is 0 Å². The molecular formula is C14H27NO2. The maximum absolute atomic E-state index is 12.1. The van der Waals surface area contributed by atoms with E-state index in [1.165, 1.54) is 7.11 Å². The smallest absolute Gasteiger partial charge is 0.326 e. The Bertz CT molecular complexity index is 237. The second kappa shape index (κ2) is 7.49. The predicted octanol–water partition coefficient (Wildman–Crippen LogP) is 2.77. The number of carbonyl (C=O) groups is 1. The van der Waals surface area contributed by atoms with Gasteiger partial charge in [0.25, 0.3) is 0 Å². The first kappa shape index (κ1) is 16.2. The van der Waals surface area contributed by atoms with Gasteiger partial charge >= 0.3 is 5.97 Å². The lowest BCUT2D eigenvalue weighted by Crippen LogP contribution is -2.54. The Morgan fingerprint density at radius 1 is 1.29 bits per heavy atom. The highest BCUT2D eigenvalue weighted by Crippen LogP contribution is 2.26. The predicted molar refractivity (Wildman–Crippen MR) is 71.9 cm³/mol. The first-order valence-electron chi connectivity index (χ1n) is 6.32. The molecule has 0 rings (SSSR count). The largest absolute Gasteiger partial charge is 0.468 e. The normalized spacial score (nSPS) is 11.9. The van der Waals surface area contributed by atoms with E-state index < -0.39 is 5.54 Å². The van der Waals surface area contributed by atoms with Crippen LogP contribution in [0.5, 0.6) is 0 Å². The molecule has 1 N–H and O–H groups in total. The van der Waals surface area contributed by atoms with Crippen LogP contribution in [0, 0.1) is 11.8 Å². The van der Waals surface area contributed by atoms with Crippen molar-refractivity contribution >= 4 is 5.97 Å². The van der Waals surface area contributed by atoms with Gasteiger partial charge in [-0.2, -0.15) is 0 Å². The average molecular weight is 241 g/mol. The van der Waals surface area contributed by atoms with Crippen molar-refractivity contribution in [2.24, 2.45) is 11.8 Å². The summed E-state index contributed by atoms with van der Waals surface area (Å²) >= 11 is 0. The van der Waals surface area contributed by atoms with Gasteiger partial charge in [0.1, 0.15) is 5.54 Å². The van der Waals surface area contributed by atoms with E-state index in [0.717, 1.165) is 12.8 Å². The molecular weight excluding hydrogens is 214 g/mol. The molecule has 0 amide bonds. The first-order valence-corrected chi connectivity index (χ1v) is 6.32. The molecule has 3 heteroatoms. The summed E-state index contributed by atoms with van der Waals surface area (Å²) in [5.74, 6) is 0.706. The van der Waals surface area contributed by atoms with E-state index >= 15 is 0 Å². The van der Waals surface area contributed by atoms with Crippen molar-refractivity contribution < 1.29 is 9.53 Å². The summed E-state index contributed by atoms with van der Waals surface area (Å²) in [6.45, 7) is 12.8. The van der Waals surface area contributed by atoms with Crippen LogP contribution in [0.3, 0.4) is 0 Å². The third kappa shape index (κ3) is 5.35. The lowest BCUT2D eigenvalue weighted by atomic mass is 9.81. The molecule has 0 aromatic heterocycles. The van der Waals surface area contributed by atoms with Crippen LogP contribution in [0.25, 0.3) is 0 Å². The molecule has 100 valence electrons. The molecule has 0 aliphatic rings. The molecule has 17 heavy (non-hydrogen) atoms. The Balaban J connectivity index is 5.03. The minimum absolute atomic E-state index is 0.165. The van der Waals surface area contributed by atoms with Gasteiger partial charge in [-0.1, -0.05) is 33.8 Å². The highest BCUT2D eigenvalue weighted by Gasteiger charge is 2.39. The summed E-state index contributed by atoms with van der Waals surface area (Å²) in [4.78, 5) is 12.1. The van der Waals surface area contributed by atoms with Gasteiger partial charge in [-0.05, 0) is 24.7 Å². The zero-order valence-electron chi connectivity index (χ0n) is 11.9. The molecule has 0 unspecified atom stereocenters. The van der Waals surface area contributed by atoms with Gasteiger partial charge in [-0.15, -0.1) is 6.58 Å².